The van der Waals surface area contributed by atoms with E-state index in [0.717, 1.165) is 0 Å². The summed E-state index contributed by atoms with van der Waals surface area (Å²) in [6, 6.07) is 11.1. The zero-order valence-electron chi connectivity index (χ0n) is 14.0. The number of benzene rings is 2. The van der Waals surface area contributed by atoms with Crippen LogP contribution in [0, 0.1) is 0 Å². The predicted octanol–water partition coefficient (Wildman–Crippen LogP) is 4.14. The molecule has 0 heterocycles. The largest absolute Gasteiger partial charge is 0.449 e. The number of carbonyl (C=O) groups excluding carboxylic acids is 3. The third kappa shape index (κ3) is 5.21. The molecule has 2 N–H and O–H groups in total. The van der Waals surface area contributed by atoms with Crippen molar-refractivity contribution in [1.29, 1.82) is 0 Å². The van der Waals surface area contributed by atoms with Gasteiger partial charge in [-0.2, -0.15) is 0 Å². The first-order chi connectivity index (χ1) is 12.3. The van der Waals surface area contributed by atoms with Crippen LogP contribution in [0.4, 0.5) is 11.4 Å². The van der Waals surface area contributed by atoms with Gasteiger partial charge in [-0.15, -0.1) is 0 Å². The summed E-state index contributed by atoms with van der Waals surface area (Å²) in [5.74, 6) is -1.50. The van der Waals surface area contributed by atoms with Gasteiger partial charge in [-0.05, 0) is 43.3 Å². The molecule has 2 rings (SSSR count). The Bertz CT molecular complexity index is 817. The van der Waals surface area contributed by atoms with E-state index >= 15 is 0 Å². The van der Waals surface area contributed by atoms with Crippen LogP contribution in [0.1, 0.15) is 24.2 Å². The first kappa shape index (κ1) is 19.8. The van der Waals surface area contributed by atoms with Gasteiger partial charge in [-0.25, -0.2) is 4.79 Å². The molecule has 0 unspecified atom stereocenters. The van der Waals surface area contributed by atoms with Crippen LogP contribution in [-0.4, -0.2) is 23.9 Å². The van der Waals surface area contributed by atoms with Crippen LogP contribution < -0.4 is 10.6 Å². The van der Waals surface area contributed by atoms with E-state index in [0.29, 0.717) is 11.4 Å². The number of ether oxygens (including phenoxy) is 1. The summed E-state index contributed by atoms with van der Waals surface area (Å²) in [7, 11) is 0. The van der Waals surface area contributed by atoms with Gasteiger partial charge in [0.15, 0.2) is 6.10 Å². The van der Waals surface area contributed by atoms with Crippen LogP contribution in [0.2, 0.25) is 10.0 Å². The Morgan fingerprint density at radius 3 is 1.92 bits per heavy atom. The molecule has 0 radical (unpaired) electrons. The highest BCUT2D eigenvalue weighted by molar-refractivity contribution is 6.39. The maximum Gasteiger partial charge on any atom is 0.341 e. The van der Waals surface area contributed by atoms with Crippen molar-refractivity contribution in [3.05, 3.63) is 58.1 Å². The molecule has 0 aliphatic rings. The van der Waals surface area contributed by atoms with Crippen LogP contribution in [0.5, 0.6) is 0 Å². The van der Waals surface area contributed by atoms with Gasteiger partial charge in [0, 0.05) is 18.3 Å². The molecule has 26 heavy (non-hydrogen) atoms. The Labute approximate surface area is 160 Å². The summed E-state index contributed by atoms with van der Waals surface area (Å²) >= 11 is 11.9. The van der Waals surface area contributed by atoms with Crippen molar-refractivity contribution >= 4 is 52.4 Å². The van der Waals surface area contributed by atoms with Crippen molar-refractivity contribution in [1.82, 2.24) is 0 Å². The van der Waals surface area contributed by atoms with Gasteiger partial charge in [0.25, 0.3) is 5.91 Å². The van der Waals surface area contributed by atoms with Crippen LogP contribution in [-0.2, 0) is 14.3 Å². The number of hydrogen-bond acceptors (Lipinski definition) is 4. The smallest absolute Gasteiger partial charge is 0.341 e. The molecule has 2 aromatic rings. The first-order valence-corrected chi connectivity index (χ1v) is 8.37. The molecular formula is C18H16Cl2N2O4. The van der Waals surface area contributed by atoms with E-state index in [1.807, 2.05) is 0 Å². The molecule has 2 aromatic carbocycles. The zero-order valence-corrected chi connectivity index (χ0v) is 15.5. The molecular weight excluding hydrogens is 379 g/mol. The fraction of sp³-hybridized carbons (Fsp3) is 0.167. The average molecular weight is 395 g/mol. The molecule has 0 spiro atoms. The summed E-state index contributed by atoms with van der Waals surface area (Å²) in [6.07, 6.45) is -1.06. The van der Waals surface area contributed by atoms with Gasteiger partial charge >= 0.3 is 5.97 Å². The fourth-order valence-electron chi connectivity index (χ4n) is 2.05. The molecule has 0 aliphatic carbocycles. The van der Waals surface area contributed by atoms with E-state index < -0.39 is 18.0 Å². The number of rotatable bonds is 5. The normalized spacial score (nSPS) is 11.4. The van der Waals surface area contributed by atoms with E-state index in [1.165, 1.54) is 26.0 Å². The first-order valence-electron chi connectivity index (χ1n) is 7.61. The molecule has 0 aliphatic heterocycles. The standard InChI is InChI=1S/C18H16Cl2N2O4/c1-10(26-18(25)16-14(19)4-3-5-15(16)20)17(24)22-13-8-6-12(7-9-13)21-11(2)23/h3-10H,1-2H3,(H,21,23)(H,22,24)/t10-/m0/s1. The van der Waals surface area contributed by atoms with Crippen molar-refractivity contribution < 1.29 is 19.1 Å². The average Bonchev–Trinajstić information content (AvgIpc) is 2.56. The Morgan fingerprint density at radius 2 is 1.42 bits per heavy atom. The number of nitrogens with one attached hydrogen (secondary N) is 2. The second kappa shape index (κ2) is 8.69. The molecule has 136 valence electrons. The third-order valence-corrected chi connectivity index (χ3v) is 3.92. The highest BCUT2D eigenvalue weighted by Crippen LogP contribution is 2.25. The molecule has 2 amide bonds. The lowest BCUT2D eigenvalue weighted by Gasteiger charge is -2.15. The van der Waals surface area contributed by atoms with Crippen molar-refractivity contribution in [2.75, 3.05) is 10.6 Å². The molecule has 0 aromatic heterocycles. The van der Waals surface area contributed by atoms with Crippen molar-refractivity contribution in [3.8, 4) is 0 Å². The van der Waals surface area contributed by atoms with E-state index in [2.05, 4.69) is 10.6 Å². The van der Waals surface area contributed by atoms with E-state index in [9.17, 15) is 14.4 Å². The second-order valence-electron chi connectivity index (χ2n) is 5.39. The minimum Gasteiger partial charge on any atom is -0.449 e. The monoisotopic (exact) mass is 394 g/mol. The Balaban J connectivity index is 1.99. The zero-order chi connectivity index (χ0) is 19.3. The van der Waals surface area contributed by atoms with E-state index in [1.54, 1.807) is 30.3 Å². The maximum absolute atomic E-state index is 12.2. The van der Waals surface area contributed by atoms with Crippen LogP contribution in [0.3, 0.4) is 0 Å². The quantitative estimate of drug-likeness (QED) is 0.746. The Morgan fingerprint density at radius 1 is 0.923 bits per heavy atom. The highest BCUT2D eigenvalue weighted by Gasteiger charge is 2.22. The van der Waals surface area contributed by atoms with Gasteiger partial charge < -0.3 is 15.4 Å². The van der Waals surface area contributed by atoms with Crippen LogP contribution >= 0.6 is 23.2 Å². The topological polar surface area (TPSA) is 84.5 Å². The van der Waals surface area contributed by atoms with Gasteiger partial charge in [-0.3, -0.25) is 9.59 Å². The Hall–Kier alpha value is -2.57. The van der Waals surface area contributed by atoms with Crippen molar-refractivity contribution in [2.24, 2.45) is 0 Å². The number of carbonyl (C=O) groups is 3. The number of halogens is 2. The number of hydrogen-bond donors (Lipinski definition) is 2. The summed E-state index contributed by atoms with van der Waals surface area (Å²) in [5.41, 5.74) is 1.10. The van der Waals surface area contributed by atoms with Gasteiger partial charge in [-0.1, -0.05) is 29.3 Å². The SMILES string of the molecule is CC(=O)Nc1ccc(NC(=O)[C@H](C)OC(=O)c2c(Cl)cccc2Cl)cc1. The van der Waals surface area contributed by atoms with E-state index in [4.69, 9.17) is 27.9 Å². The number of esters is 1. The predicted molar refractivity (Wildman–Crippen MR) is 101 cm³/mol. The molecule has 8 heteroatoms. The molecule has 0 saturated heterocycles. The molecule has 0 bridgehead atoms. The summed E-state index contributed by atoms with van der Waals surface area (Å²) < 4.78 is 5.13. The maximum atomic E-state index is 12.2. The molecule has 1 atom stereocenters. The van der Waals surface area contributed by atoms with Gasteiger partial charge in [0.05, 0.1) is 15.6 Å². The lowest BCUT2D eigenvalue weighted by atomic mass is 10.2. The highest BCUT2D eigenvalue weighted by atomic mass is 35.5. The molecule has 0 fully saturated rings. The molecule has 6 nitrogen and oxygen atoms in total. The summed E-state index contributed by atoms with van der Waals surface area (Å²) in [6.45, 7) is 2.83. The number of amides is 2. The Kier molecular flexibility index (Phi) is 6.60. The summed E-state index contributed by atoms with van der Waals surface area (Å²) in [5, 5.41) is 5.51. The van der Waals surface area contributed by atoms with Gasteiger partial charge in [0.2, 0.25) is 5.91 Å². The third-order valence-electron chi connectivity index (χ3n) is 3.29. The minimum absolute atomic E-state index is 0.00939. The minimum atomic E-state index is -1.06. The van der Waals surface area contributed by atoms with Crippen LogP contribution in [0.15, 0.2) is 42.5 Å². The van der Waals surface area contributed by atoms with Gasteiger partial charge in [0.1, 0.15) is 0 Å². The van der Waals surface area contributed by atoms with Crippen LogP contribution in [0.25, 0.3) is 0 Å². The van der Waals surface area contributed by atoms with E-state index in [-0.39, 0.29) is 21.5 Å². The lowest BCUT2D eigenvalue weighted by Crippen LogP contribution is -2.30. The lowest BCUT2D eigenvalue weighted by molar-refractivity contribution is -0.123. The summed E-state index contributed by atoms with van der Waals surface area (Å²) in [4.78, 5) is 35.4. The molecule has 0 saturated carbocycles. The van der Waals surface area contributed by atoms with Crippen molar-refractivity contribution in [2.45, 2.75) is 20.0 Å². The second-order valence-corrected chi connectivity index (χ2v) is 6.21. The number of anilines is 2. The fourth-order valence-corrected chi connectivity index (χ4v) is 2.60. The van der Waals surface area contributed by atoms with Crippen molar-refractivity contribution in [3.63, 3.8) is 0 Å².